The molecule has 0 aliphatic carbocycles. The molecule has 0 radical (unpaired) electrons. The Labute approximate surface area is 220 Å². The quantitative estimate of drug-likeness (QED) is 0.287. The van der Waals surface area contributed by atoms with E-state index in [1.165, 1.54) is 5.56 Å². The molecular formula is C31H37ClN2O2. The van der Waals surface area contributed by atoms with Gasteiger partial charge in [-0.25, -0.2) is 0 Å². The highest BCUT2D eigenvalue weighted by molar-refractivity contribution is 6.30. The van der Waals surface area contributed by atoms with Crippen molar-refractivity contribution in [1.29, 1.82) is 0 Å². The van der Waals surface area contributed by atoms with Crippen LogP contribution in [-0.4, -0.2) is 41.4 Å². The molecule has 1 saturated heterocycles. The lowest BCUT2D eigenvalue weighted by Crippen LogP contribution is -2.38. The van der Waals surface area contributed by atoms with E-state index in [2.05, 4.69) is 42.8 Å². The van der Waals surface area contributed by atoms with Gasteiger partial charge in [0.2, 0.25) is 0 Å². The van der Waals surface area contributed by atoms with Crippen molar-refractivity contribution in [2.75, 3.05) is 19.6 Å². The van der Waals surface area contributed by atoms with Crippen molar-refractivity contribution in [1.82, 2.24) is 9.88 Å². The van der Waals surface area contributed by atoms with Crippen LogP contribution in [0.3, 0.4) is 0 Å². The molecule has 2 heterocycles. The Bertz CT molecular complexity index is 1100. The van der Waals surface area contributed by atoms with Gasteiger partial charge in [0.25, 0.3) is 0 Å². The molecule has 0 saturated carbocycles. The van der Waals surface area contributed by atoms with E-state index in [1.807, 2.05) is 60.8 Å². The number of ether oxygens (including phenoxy) is 1. The number of aromatic nitrogens is 1. The Balaban J connectivity index is 1.25. The summed E-state index contributed by atoms with van der Waals surface area (Å²) in [5.41, 5.74) is 4.15. The predicted molar refractivity (Wildman–Crippen MR) is 147 cm³/mol. The van der Waals surface area contributed by atoms with Gasteiger partial charge in [-0.15, -0.1) is 0 Å². The smallest absolute Gasteiger partial charge is 0.162 e. The Morgan fingerprint density at radius 1 is 1.03 bits per heavy atom. The van der Waals surface area contributed by atoms with E-state index in [4.69, 9.17) is 16.3 Å². The molecule has 0 amide bonds. The molecule has 36 heavy (non-hydrogen) atoms. The van der Waals surface area contributed by atoms with Gasteiger partial charge in [-0.1, -0.05) is 74.8 Å². The third kappa shape index (κ3) is 7.25. The number of piperidine rings is 1. The minimum Gasteiger partial charge on any atom is -0.364 e. The number of benzene rings is 2. The van der Waals surface area contributed by atoms with Crippen LogP contribution in [0, 0.1) is 0 Å². The largest absolute Gasteiger partial charge is 0.364 e. The number of carbonyl (C=O) groups excluding carboxylic acids is 1. The molecule has 4 nitrogen and oxygen atoms in total. The van der Waals surface area contributed by atoms with E-state index in [0.717, 1.165) is 55.7 Å². The highest BCUT2D eigenvalue weighted by atomic mass is 35.5. The fraction of sp³-hybridized carbons (Fsp3) is 0.419. The second-order valence-corrected chi connectivity index (χ2v) is 11.2. The minimum absolute atomic E-state index is 0.101. The van der Waals surface area contributed by atoms with E-state index < -0.39 is 0 Å². The number of nitrogens with zero attached hydrogens (tertiary/aromatic N) is 2. The van der Waals surface area contributed by atoms with Crippen molar-refractivity contribution in [3.8, 4) is 0 Å². The number of ketones is 1. The third-order valence-corrected chi connectivity index (χ3v) is 7.20. The van der Waals surface area contributed by atoms with Gasteiger partial charge in [0, 0.05) is 36.3 Å². The number of carbonyl (C=O) groups is 1. The van der Waals surface area contributed by atoms with Gasteiger partial charge in [-0.3, -0.25) is 9.78 Å². The van der Waals surface area contributed by atoms with Crippen LogP contribution in [0.2, 0.25) is 5.02 Å². The molecule has 0 N–H and O–H groups in total. The lowest BCUT2D eigenvalue weighted by molar-refractivity contribution is -0.0286. The van der Waals surface area contributed by atoms with Crippen LogP contribution in [0.1, 0.15) is 79.7 Å². The number of halogens is 1. The standard InChI is InChI=1S/C31H37ClN2O2/c1-31(2,3)25-13-9-23(10-14-25)29(35)8-6-20-34-21-17-27(18-22-34)36-30(28-7-4-5-19-33-28)24-11-15-26(32)16-12-24/h4-5,7,9-16,19,27,30H,6,8,17-18,20-22H2,1-3H3. The van der Waals surface area contributed by atoms with Crippen LogP contribution >= 0.6 is 11.6 Å². The first-order valence-corrected chi connectivity index (χ1v) is 13.4. The Morgan fingerprint density at radius 3 is 2.33 bits per heavy atom. The first-order valence-electron chi connectivity index (χ1n) is 13.0. The highest BCUT2D eigenvalue weighted by Gasteiger charge is 2.25. The van der Waals surface area contributed by atoms with E-state index in [-0.39, 0.29) is 23.4 Å². The van der Waals surface area contributed by atoms with E-state index in [9.17, 15) is 4.79 Å². The molecule has 3 aromatic rings. The highest BCUT2D eigenvalue weighted by Crippen LogP contribution is 2.30. The van der Waals surface area contributed by atoms with Crippen LogP contribution in [0.4, 0.5) is 0 Å². The lowest BCUT2D eigenvalue weighted by Gasteiger charge is -2.34. The van der Waals surface area contributed by atoms with E-state index >= 15 is 0 Å². The molecule has 0 bridgehead atoms. The lowest BCUT2D eigenvalue weighted by atomic mass is 9.86. The SMILES string of the molecule is CC(C)(C)c1ccc(C(=O)CCCN2CCC(OC(c3ccc(Cl)cc3)c3ccccn3)CC2)cc1. The molecule has 1 aliphatic heterocycles. The molecule has 1 fully saturated rings. The summed E-state index contributed by atoms with van der Waals surface area (Å²) in [6.45, 7) is 9.47. The molecule has 1 aliphatic rings. The zero-order valence-electron chi connectivity index (χ0n) is 21.6. The molecule has 1 aromatic heterocycles. The zero-order valence-corrected chi connectivity index (χ0v) is 22.4. The fourth-order valence-electron chi connectivity index (χ4n) is 4.71. The van der Waals surface area contributed by atoms with Gasteiger partial charge >= 0.3 is 0 Å². The van der Waals surface area contributed by atoms with E-state index in [0.29, 0.717) is 11.4 Å². The van der Waals surface area contributed by atoms with Gasteiger partial charge in [-0.05, 0) is 66.6 Å². The van der Waals surface area contributed by atoms with Gasteiger partial charge in [0.05, 0.1) is 11.8 Å². The Kier molecular flexibility index (Phi) is 8.95. The first kappa shape index (κ1) is 26.5. The zero-order chi connectivity index (χ0) is 25.5. The topological polar surface area (TPSA) is 42.4 Å². The maximum Gasteiger partial charge on any atom is 0.162 e. The maximum atomic E-state index is 12.7. The number of Topliss-reactive ketones (excluding diaryl/α,β-unsaturated/α-hetero) is 1. The van der Waals surface area contributed by atoms with Crippen LogP contribution in [-0.2, 0) is 10.2 Å². The Hall–Kier alpha value is -2.53. The molecule has 0 spiro atoms. The number of hydrogen-bond acceptors (Lipinski definition) is 4. The monoisotopic (exact) mass is 504 g/mol. The number of hydrogen-bond donors (Lipinski definition) is 0. The number of likely N-dealkylation sites (tertiary alicyclic amines) is 1. The third-order valence-electron chi connectivity index (χ3n) is 6.94. The van der Waals surface area contributed by atoms with Gasteiger partial charge in [0.15, 0.2) is 5.78 Å². The van der Waals surface area contributed by atoms with Crippen molar-refractivity contribution in [3.05, 3.63) is 100 Å². The fourth-order valence-corrected chi connectivity index (χ4v) is 4.84. The summed E-state index contributed by atoms with van der Waals surface area (Å²) in [4.78, 5) is 19.7. The van der Waals surface area contributed by atoms with Crippen LogP contribution in [0.25, 0.3) is 0 Å². The van der Waals surface area contributed by atoms with Gasteiger partial charge < -0.3 is 9.64 Å². The maximum absolute atomic E-state index is 12.7. The summed E-state index contributed by atoms with van der Waals surface area (Å²) in [6.07, 6.45) is 5.19. The average Bonchev–Trinajstić information content (AvgIpc) is 2.89. The predicted octanol–water partition coefficient (Wildman–Crippen LogP) is 7.27. The molecule has 2 aromatic carbocycles. The molecule has 5 heteroatoms. The molecule has 1 atom stereocenters. The minimum atomic E-state index is -0.206. The van der Waals surface area contributed by atoms with Crippen LogP contribution in [0.15, 0.2) is 72.9 Å². The van der Waals surface area contributed by atoms with Crippen molar-refractivity contribution < 1.29 is 9.53 Å². The molecule has 190 valence electrons. The van der Waals surface area contributed by atoms with Crippen LogP contribution < -0.4 is 0 Å². The van der Waals surface area contributed by atoms with Crippen molar-refractivity contribution in [2.45, 2.75) is 64.1 Å². The summed E-state index contributed by atoms with van der Waals surface area (Å²) < 4.78 is 6.60. The second-order valence-electron chi connectivity index (χ2n) is 10.7. The molecular weight excluding hydrogens is 468 g/mol. The van der Waals surface area contributed by atoms with Crippen molar-refractivity contribution in [2.24, 2.45) is 0 Å². The van der Waals surface area contributed by atoms with Gasteiger partial charge in [0.1, 0.15) is 6.10 Å². The average molecular weight is 505 g/mol. The molecule has 4 rings (SSSR count). The number of rotatable bonds is 9. The van der Waals surface area contributed by atoms with Gasteiger partial charge in [-0.2, -0.15) is 0 Å². The van der Waals surface area contributed by atoms with Crippen molar-refractivity contribution >= 4 is 17.4 Å². The first-order chi connectivity index (χ1) is 17.3. The summed E-state index contributed by atoms with van der Waals surface area (Å²) in [5.74, 6) is 0.231. The summed E-state index contributed by atoms with van der Waals surface area (Å²) in [7, 11) is 0. The van der Waals surface area contributed by atoms with Crippen molar-refractivity contribution in [3.63, 3.8) is 0 Å². The van der Waals surface area contributed by atoms with Crippen LogP contribution in [0.5, 0.6) is 0 Å². The number of pyridine rings is 1. The Morgan fingerprint density at radius 2 is 1.72 bits per heavy atom. The summed E-state index contributed by atoms with van der Waals surface area (Å²) >= 11 is 6.11. The normalized spacial score (nSPS) is 16.1. The van der Waals surface area contributed by atoms with E-state index in [1.54, 1.807) is 0 Å². The summed E-state index contributed by atoms with van der Waals surface area (Å²) in [5, 5.41) is 0.715. The molecule has 1 unspecified atom stereocenters. The summed E-state index contributed by atoms with van der Waals surface area (Å²) in [6, 6.07) is 21.9. The second kappa shape index (κ2) is 12.1.